The molecule has 4 aliphatic carbocycles. The highest BCUT2D eigenvalue weighted by molar-refractivity contribution is 5.79. The van der Waals surface area contributed by atoms with Gasteiger partial charge in [-0.25, -0.2) is 0 Å². The maximum Gasteiger partial charge on any atom is 0.222 e. The highest BCUT2D eigenvalue weighted by Crippen LogP contribution is 2.67. The second-order valence-corrected chi connectivity index (χ2v) is 12.6. The first kappa shape index (κ1) is 24.2. The predicted octanol–water partition coefficient (Wildman–Crippen LogP) is 5.61. The number of unbranched alkanes of at least 4 members (excludes halogenated alkanes) is 3. The van der Waals surface area contributed by atoms with Gasteiger partial charge in [0.15, 0.2) is 0 Å². The van der Waals surface area contributed by atoms with Crippen LogP contribution in [-0.4, -0.2) is 41.9 Å². The second kappa shape index (κ2) is 9.39. The van der Waals surface area contributed by atoms with Crippen LogP contribution >= 0.6 is 0 Å². The summed E-state index contributed by atoms with van der Waals surface area (Å²) in [5, 5.41) is 10.9. The summed E-state index contributed by atoms with van der Waals surface area (Å²) in [7, 11) is 3.67. The first-order chi connectivity index (χ1) is 15.2. The fourth-order valence-electron chi connectivity index (χ4n) is 8.75. The number of hydrogen-bond acceptors (Lipinski definition) is 3. The van der Waals surface area contributed by atoms with Gasteiger partial charge in [-0.15, -0.1) is 0 Å². The standard InChI is InChI=1S/C28H47NO3/c1-27-15-13-21(30)18-20(27)17-19(9-7-5-6-8-10-25(32)29(3)4)26-22-11-12-24(31)28(22,2)16-14-23(26)27/h19-20,22-24,26,31H,5-18H2,1-4H3/t19?,20-,22-,23-,24-,26-,27-,28-/m0/s1. The third-order valence-electron chi connectivity index (χ3n) is 10.8. The molecule has 1 N–H and O–H groups in total. The lowest BCUT2D eigenvalue weighted by molar-refractivity contribution is -0.156. The van der Waals surface area contributed by atoms with E-state index in [0.717, 1.165) is 50.4 Å². The lowest BCUT2D eigenvalue weighted by Gasteiger charge is -2.62. The Bertz CT molecular complexity index is 705. The molecule has 0 aliphatic heterocycles. The Morgan fingerprint density at radius 1 is 1.00 bits per heavy atom. The summed E-state index contributed by atoms with van der Waals surface area (Å²) < 4.78 is 0. The molecule has 0 radical (unpaired) electrons. The number of nitrogens with zero attached hydrogens (tertiary/aromatic N) is 1. The summed E-state index contributed by atoms with van der Waals surface area (Å²) in [5.41, 5.74) is 0.441. The Kier molecular flexibility index (Phi) is 7.11. The second-order valence-electron chi connectivity index (χ2n) is 12.6. The highest BCUT2D eigenvalue weighted by Gasteiger charge is 2.62. The van der Waals surface area contributed by atoms with Gasteiger partial charge in [0.25, 0.3) is 0 Å². The van der Waals surface area contributed by atoms with E-state index >= 15 is 0 Å². The normalized spacial score (nSPS) is 43.3. The van der Waals surface area contributed by atoms with Crippen LogP contribution in [0.1, 0.15) is 104 Å². The third-order valence-corrected chi connectivity index (χ3v) is 10.8. The minimum Gasteiger partial charge on any atom is -0.393 e. The fourth-order valence-corrected chi connectivity index (χ4v) is 8.75. The van der Waals surface area contributed by atoms with E-state index in [2.05, 4.69) is 13.8 Å². The number of Topliss-reactive ketones (excluding diaryl/α,β-unsaturated/α-hetero) is 1. The van der Waals surface area contributed by atoms with Crippen LogP contribution in [0.25, 0.3) is 0 Å². The maximum atomic E-state index is 12.4. The zero-order valence-corrected chi connectivity index (χ0v) is 21.1. The van der Waals surface area contributed by atoms with Gasteiger partial charge >= 0.3 is 0 Å². The fraction of sp³-hybridized carbons (Fsp3) is 0.929. The van der Waals surface area contributed by atoms with E-state index < -0.39 is 0 Å². The van der Waals surface area contributed by atoms with Crippen LogP contribution in [0.3, 0.4) is 0 Å². The molecule has 4 heteroatoms. The van der Waals surface area contributed by atoms with E-state index in [1.54, 1.807) is 4.90 Å². The molecule has 1 unspecified atom stereocenters. The molecule has 0 heterocycles. The van der Waals surface area contributed by atoms with Crippen LogP contribution in [0.4, 0.5) is 0 Å². The summed E-state index contributed by atoms with van der Waals surface area (Å²) in [6.45, 7) is 4.90. The molecule has 4 aliphatic rings. The molecule has 0 aromatic carbocycles. The SMILES string of the molecule is CN(C)C(=O)CCCCCCC1C[C@H]2CC(=O)CC[C@]2(C)[C@H]2CC[C@]3(C)[C@@H](O)CC[C@H]3[C@H]12. The minimum atomic E-state index is -0.123. The molecule has 182 valence electrons. The van der Waals surface area contributed by atoms with Crippen molar-refractivity contribution in [3.63, 3.8) is 0 Å². The van der Waals surface area contributed by atoms with Crippen LogP contribution in [0.15, 0.2) is 0 Å². The van der Waals surface area contributed by atoms with Crippen LogP contribution in [-0.2, 0) is 9.59 Å². The number of fused-ring (bicyclic) bond motifs is 5. The Balaban J connectivity index is 1.43. The van der Waals surface area contributed by atoms with E-state index in [-0.39, 0.29) is 17.4 Å². The van der Waals surface area contributed by atoms with Gasteiger partial charge < -0.3 is 10.0 Å². The molecule has 1 amide bonds. The number of carbonyl (C=O) groups is 2. The zero-order chi connectivity index (χ0) is 23.1. The third kappa shape index (κ3) is 4.30. The van der Waals surface area contributed by atoms with Gasteiger partial charge in [-0.05, 0) is 85.4 Å². The van der Waals surface area contributed by atoms with Crippen molar-refractivity contribution >= 4 is 11.7 Å². The van der Waals surface area contributed by atoms with Crippen LogP contribution < -0.4 is 0 Å². The minimum absolute atomic E-state index is 0.111. The van der Waals surface area contributed by atoms with Crippen molar-refractivity contribution in [1.29, 1.82) is 0 Å². The number of ketones is 1. The number of aliphatic hydroxyl groups excluding tert-OH is 1. The number of rotatable bonds is 7. The first-order valence-electron chi connectivity index (χ1n) is 13.6. The first-order valence-corrected chi connectivity index (χ1v) is 13.6. The maximum absolute atomic E-state index is 12.4. The van der Waals surface area contributed by atoms with Crippen molar-refractivity contribution in [3.05, 3.63) is 0 Å². The van der Waals surface area contributed by atoms with Gasteiger partial charge in [-0.2, -0.15) is 0 Å². The molecule has 0 bridgehead atoms. The number of hydrogen-bond donors (Lipinski definition) is 1. The molecule has 4 rings (SSSR count). The molecule has 4 fully saturated rings. The monoisotopic (exact) mass is 445 g/mol. The lowest BCUT2D eigenvalue weighted by Crippen LogP contribution is -2.57. The van der Waals surface area contributed by atoms with Crippen molar-refractivity contribution in [2.45, 2.75) is 110 Å². The zero-order valence-electron chi connectivity index (χ0n) is 21.1. The molecule has 0 spiro atoms. The van der Waals surface area contributed by atoms with E-state index in [4.69, 9.17) is 0 Å². The topological polar surface area (TPSA) is 57.6 Å². The Morgan fingerprint density at radius 2 is 1.72 bits per heavy atom. The largest absolute Gasteiger partial charge is 0.393 e. The van der Waals surface area contributed by atoms with Crippen LogP contribution in [0.2, 0.25) is 0 Å². The molecule has 4 nitrogen and oxygen atoms in total. The number of carbonyl (C=O) groups excluding carboxylic acids is 2. The van der Waals surface area contributed by atoms with Crippen molar-refractivity contribution in [3.8, 4) is 0 Å². The smallest absolute Gasteiger partial charge is 0.222 e. The number of amides is 1. The molecule has 8 atom stereocenters. The average Bonchev–Trinajstić information content (AvgIpc) is 3.05. The average molecular weight is 446 g/mol. The predicted molar refractivity (Wildman–Crippen MR) is 128 cm³/mol. The van der Waals surface area contributed by atoms with Crippen molar-refractivity contribution in [2.24, 2.45) is 40.4 Å². The van der Waals surface area contributed by atoms with Crippen molar-refractivity contribution in [2.75, 3.05) is 14.1 Å². The molecule has 32 heavy (non-hydrogen) atoms. The lowest BCUT2D eigenvalue weighted by atomic mass is 9.42. The van der Waals surface area contributed by atoms with Crippen molar-refractivity contribution < 1.29 is 14.7 Å². The van der Waals surface area contributed by atoms with Crippen LogP contribution in [0.5, 0.6) is 0 Å². The Morgan fingerprint density at radius 3 is 2.47 bits per heavy atom. The van der Waals surface area contributed by atoms with Gasteiger partial charge in [0.05, 0.1) is 6.10 Å². The summed E-state index contributed by atoms with van der Waals surface area (Å²) in [6, 6.07) is 0. The Labute approximate surface area is 195 Å². The molecular formula is C28H47NO3. The van der Waals surface area contributed by atoms with E-state index in [0.29, 0.717) is 35.4 Å². The molecule has 4 saturated carbocycles. The summed E-state index contributed by atoms with van der Waals surface area (Å²) in [4.78, 5) is 25.9. The van der Waals surface area contributed by atoms with Crippen LogP contribution in [0, 0.1) is 40.4 Å². The molecule has 0 aromatic heterocycles. The molecule has 0 saturated heterocycles. The van der Waals surface area contributed by atoms with Crippen molar-refractivity contribution in [1.82, 2.24) is 4.90 Å². The quantitative estimate of drug-likeness (QED) is 0.518. The van der Waals surface area contributed by atoms with Gasteiger partial charge in [-0.3, -0.25) is 9.59 Å². The Hall–Kier alpha value is -0.900. The number of aliphatic hydroxyl groups is 1. The van der Waals surface area contributed by atoms with Gasteiger partial charge in [0.2, 0.25) is 5.91 Å². The van der Waals surface area contributed by atoms with Gasteiger partial charge in [0.1, 0.15) is 5.78 Å². The molecular weight excluding hydrogens is 398 g/mol. The molecule has 0 aromatic rings. The van der Waals surface area contributed by atoms with E-state index in [1.807, 2.05) is 14.1 Å². The van der Waals surface area contributed by atoms with E-state index in [9.17, 15) is 14.7 Å². The van der Waals surface area contributed by atoms with Gasteiger partial charge in [0, 0.05) is 33.4 Å². The van der Waals surface area contributed by atoms with E-state index in [1.165, 1.54) is 44.9 Å². The summed E-state index contributed by atoms with van der Waals surface area (Å²) in [6.07, 6.45) is 14.9. The summed E-state index contributed by atoms with van der Waals surface area (Å²) in [5.74, 6) is 4.14. The van der Waals surface area contributed by atoms with Gasteiger partial charge in [-0.1, -0.05) is 39.5 Å². The summed E-state index contributed by atoms with van der Waals surface area (Å²) >= 11 is 0. The highest BCUT2D eigenvalue weighted by atomic mass is 16.3.